The summed E-state index contributed by atoms with van der Waals surface area (Å²) >= 11 is 0. The molecule has 0 aromatic carbocycles. The predicted octanol–water partition coefficient (Wildman–Crippen LogP) is -1.08. The summed E-state index contributed by atoms with van der Waals surface area (Å²) in [5.74, 6) is -2.65. The number of rotatable bonds is 2. The number of aliphatic hydroxyl groups excluding tert-OH is 1. The molecule has 0 saturated carbocycles. The molecule has 114 valence electrons. The van der Waals surface area contributed by atoms with Crippen LogP contribution < -0.4 is 11.5 Å². The van der Waals surface area contributed by atoms with Crippen LogP contribution in [0.5, 0.6) is 0 Å². The van der Waals surface area contributed by atoms with E-state index in [9.17, 15) is 14.4 Å². The van der Waals surface area contributed by atoms with E-state index in [1.165, 1.54) is 13.8 Å². The molecule has 0 aliphatic heterocycles. The lowest BCUT2D eigenvalue weighted by Gasteiger charge is -1.95. The zero-order chi connectivity index (χ0) is 16.6. The van der Waals surface area contributed by atoms with Crippen molar-refractivity contribution in [1.82, 2.24) is 0 Å². The van der Waals surface area contributed by atoms with Crippen molar-refractivity contribution in [3.05, 3.63) is 0 Å². The molecule has 0 bridgehead atoms. The molecular formula is C10H22N2O7. The number of amides is 2. The minimum Gasteiger partial charge on any atom is -0.481 e. The molecule has 0 rings (SSSR count). The van der Waals surface area contributed by atoms with Gasteiger partial charge in [-0.15, -0.1) is 0 Å². The molecule has 0 aliphatic rings. The Morgan fingerprint density at radius 2 is 1.11 bits per heavy atom. The van der Waals surface area contributed by atoms with Crippen molar-refractivity contribution >= 4 is 23.8 Å². The van der Waals surface area contributed by atoms with Gasteiger partial charge in [0.05, 0.1) is 0 Å². The highest BCUT2D eigenvalue weighted by molar-refractivity contribution is 5.71. The average molecular weight is 282 g/mol. The zero-order valence-corrected chi connectivity index (χ0v) is 11.4. The van der Waals surface area contributed by atoms with E-state index in [-0.39, 0.29) is 18.2 Å². The minimum atomic E-state index is -1.18. The van der Waals surface area contributed by atoms with Gasteiger partial charge in [-0.2, -0.15) is 0 Å². The van der Waals surface area contributed by atoms with Crippen molar-refractivity contribution in [3.63, 3.8) is 0 Å². The summed E-state index contributed by atoms with van der Waals surface area (Å²) in [6.07, 6.45) is -0.907. The number of aliphatic hydroxyl groups is 1. The Labute approximate surface area is 111 Å². The van der Waals surface area contributed by atoms with E-state index in [0.717, 1.165) is 6.92 Å². The van der Waals surface area contributed by atoms with Crippen molar-refractivity contribution in [2.75, 3.05) is 0 Å². The number of aliphatic carboxylic acids is 2. The van der Waals surface area contributed by atoms with Gasteiger partial charge in [0.1, 0.15) is 0 Å². The van der Waals surface area contributed by atoms with E-state index >= 15 is 0 Å². The molecule has 0 heterocycles. The second-order valence-corrected chi connectivity index (χ2v) is 3.00. The molecule has 0 aliphatic carbocycles. The molecule has 1 unspecified atom stereocenters. The second kappa shape index (κ2) is 18.2. The van der Waals surface area contributed by atoms with Crippen molar-refractivity contribution in [1.29, 1.82) is 0 Å². The molecule has 0 aromatic heterocycles. The lowest BCUT2D eigenvalue weighted by molar-refractivity contribution is -0.146. The number of hydrogen-bond acceptors (Lipinski definition) is 5. The van der Waals surface area contributed by atoms with E-state index in [1.807, 2.05) is 0 Å². The van der Waals surface area contributed by atoms with Gasteiger partial charge in [-0.3, -0.25) is 14.4 Å². The fourth-order valence-electron chi connectivity index (χ4n) is 0.175. The largest absolute Gasteiger partial charge is 0.481 e. The van der Waals surface area contributed by atoms with Crippen molar-refractivity contribution < 1.29 is 34.5 Å². The summed E-state index contributed by atoms with van der Waals surface area (Å²) in [5, 5.41) is 23.7. The molecule has 0 aromatic rings. The van der Waals surface area contributed by atoms with Gasteiger partial charge in [0, 0.05) is 20.8 Å². The van der Waals surface area contributed by atoms with Crippen LogP contribution in [0.15, 0.2) is 0 Å². The van der Waals surface area contributed by atoms with Gasteiger partial charge in [-0.1, -0.05) is 6.92 Å². The highest BCUT2D eigenvalue weighted by Gasteiger charge is 2.07. The van der Waals surface area contributed by atoms with Crippen LogP contribution in [0.4, 0.5) is 0 Å². The zero-order valence-electron chi connectivity index (χ0n) is 11.4. The van der Waals surface area contributed by atoms with E-state index in [2.05, 4.69) is 11.5 Å². The van der Waals surface area contributed by atoms with E-state index < -0.39 is 18.0 Å². The molecule has 9 nitrogen and oxygen atoms in total. The third-order valence-corrected chi connectivity index (χ3v) is 0.672. The first-order valence-electron chi connectivity index (χ1n) is 5.00. The maximum absolute atomic E-state index is 9.68. The highest BCUT2D eigenvalue weighted by Crippen LogP contribution is 1.86. The Morgan fingerprint density at radius 3 is 1.11 bits per heavy atom. The molecular weight excluding hydrogens is 260 g/mol. The number of nitrogens with two attached hydrogens (primary N) is 2. The lowest BCUT2D eigenvalue weighted by atomic mass is 10.3. The SMILES string of the molecule is CC(=O)O.CC(N)=O.CC(N)=O.CCC(O)C(=O)O. The number of carboxylic acid groups (broad SMARTS) is 2. The predicted molar refractivity (Wildman–Crippen MR) is 67.0 cm³/mol. The first-order valence-corrected chi connectivity index (χ1v) is 5.00. The van der Waals surface area contributed by atoms with Gasteiger partial charge in [0.2, 0.25) is 11.8 Å². The normalized spacial score (nSPS) is 8.89. The van der Waals surface area contributed by atoms with Crippen LogP contribution in [0.25, 0.3) is 0 Å². The van der Waals surface area contributed by atoms with E-state index in [1.54, 1.807) is 6.92 Å². The molecule has 0 spiro atoms. The maximum Gasteiger partial charge on any atom is 0.332 e. The van der Waals surface area contributed by atoms with Gasteiger partial charge in [0.15, 0.2) is 6.10 Å². The van der Waals surface area contributed by atoms with Gasteiger partial charge in [0.25, 0.3) is 5.97 Å². The van der Waals surface area contributed by atoms with Crippen LogP contribution in [-0.4, -0.2) is 45.2 Å². The number of carboxylic acids is 2. The Kier molecular flexibility index (Phi) is 24.6. The maximum atomic E-state index is 9.68. The van der Waals surface area contributed by atoms with Gasteiger partial charge in [-0.05, 0) is 6.42 Å². The van der Waals surface area contributed by atoms with E-state index in [4.69, 9.17) is 20.1 Å². The quantitative estimate of drug-likeness (QED) is 0.426. The fraction of sp³-hybridized carbons (Fsp3) is 0.600. The summed E-state index contributed by atoms with van der Waals surface area (Å²) < 4.78 is 0. The summed E-state index contributed by atoms with van der Waals surface area (Å²) in [7, 11) is 0. The van der Waals surface area contributed by atoms with E-state index in [0.29, 0.717) is 0 Å². The molecule has 1 atom stereocenters. The Hall–Kier alpha value is -2.16. The molecule has 2 amide bonds. The Bertz CT molecular complexity index is 239. The molecule has 19 heavy (non-hydrogen) atoms. The van der Waals surface area contributed by atoms with Crippen molar-refractivity contribution in [2.24, 2.45) is 11.5 Å². The fourth-order valence-corrected chi connectivity index (χ4v) is 0.175. The standard InChI is InChI=1S/C4H8O3.2C2H5NO.C2H4O2/c1-2-3(5)4(6)7;3*1-2(3)4/h3,5H,2H2,1H3,(H,6,7);2*1H3,(H2,3,4);1H3,(H,3,4). The minimum absolute atomic E-state index is 0.273. The second-order valence-electron chi connectivity index (χ2n) is 3.00. The van der Waals surface area contributed by atoms with Crippen LogP contribution in [0.1, 0.15) is 34.1 Å². The highest BCUT2D eigenvalue weighted by atomic mass is 16.4. The number of carbonyl (C=O) groups excluding carboxylic acids is 2. The third-order valence-electron chi connectivity index (χ3n) is 0.672. The smallest absolute Gasteiger partial charge is 0.332 e. The van der Waals surface area contributed by atoms with Crippen LogP contribution >= 0.6 is 0 Å². The van der Waals surface area contributed by atoms with Crippen molar-refractivity contribution in [3.8, 4) is 0 Å². The number of hydrogen-bond donors (Lipinski definition) is 5. The number of carbonyl (C=O) groups is 4. The third kappa shape index (κ3) is 206. The molecule has 0 radical (unpaired) electrons. The molecule has 9 heteroatoms. The summed E-state index contributed by atoms with van der Waals surface area (Å²) in [5.41, 5.74) is 8.94. The summed E-state index contributed by atoms with van der Waals surface area (Å²) in [6.45, 7) is 5.30. The monoisotopic (exact) mass is 282 g/mol. The summed E-state index contributed by atoms with van der Waals surface area (Å²) in [4.78, 5) is 37.1. The molecule has 0 saturated heterocycles. The van der Waals surface area contributed by atoms with Crippen LogP contribution in [-0.2, 0) is 19.2 Å². The van der Waals surface area contributed by atoms with Gasteiger partial charge < -0.3 is 26.8 Å². The number of primary amides is 2. The average Bonchev–Trinajstić information content (AvgIpc) is 2.13. The lowest BCUT2D eigenvalue weighted by Crippen LogP contribution is -2.17. The molecule has 0 fully saturated rings. The first-order chi connectivity index (χ1) is 8.38. The summed E-state index contributed by atoms with van der Waals surface area (Å²) in [6, 6.07) is 0. The van der Waals surface area contributed by atoms with Crippen LogP contribution in [0.3, 0.4) is 0 Å². The first kappa shape index (κ1) is 25.6. The van der Waals surface area contributed by atoms with Crippen LogP contribution in [0, 0.1) is 0 Å². The Balaban J connectivity index is -0.0000000825. The Morgan fingerprint density at radius 1 is 0.947 bits per heavy atom. The van der Waals surface area contributed by atoms with Gasteiger partial charge in [-0.25, -0.2) is 4.79 Å². The van der Waals surface area contributed by atoms with Gasteiger partial charge >= 0.3 is 5.97 Å². The topological polar surface area (TPSA) is 181 Å². The molecule has 7 N–H and O–H groups in total. The van der Waals surface area contributed by atoms with Crippen molar-refractivity contribution in [2.45, 2.75) is 40.2 Å². The van der Waals surface area contributed by atoms with Crippen LogP contribution in [0.2, 0.25) is 0 Å².